The number of rotatable bonds is 6. The molecule has 0 radical (unpaired) electrons. The van der Waals surface area contributed by atoms with Crippen LogP contribution in [0.15, 0.2) is 24.3 Å². The number of aliphatic hydroxyl groups excluding tert-OH is 1. The van der Waals surface area contributed by atoms with Gasteiger partial charge in [0.25, 0.3) is 0 Å². The molecule has 0 fully saturated rings. The minimum Gasteiger partial charge on any atom is -0.396 e. The highest BCUT2D eigenvalue weighted by Gasteiger charge is 2.24. The molecule has 0 saturated heterocycles. The number of thiophene rings is 1. The molecule has 3 aromatic heterocycles. The van der Waals surface area contributed by atoms with Crippen LogP contribution in [0.3, 0.4) is 0 Å². The fourth-order valence-electron chi connectivity index (χ4n) is 4.63. The van der Waals surface area contributed by atoms with Gasteiger partial charge in [0.1, 0.15) is 0 Å². The summed E-state index contributed by atoms with van der Waals surface area (Å²) in [5.41, 5.74) is 7.86. The minimum absolute atomic E-state index is 0.115. The third-order valence-corrected chi connectivity index (χ3v) is 7.47. The molecule has 3 heterocycles. The van der Waals surface area contributed by atoms with Gasteiger partial charge < -0.3 is 5.11 Å². The van der Waals surface area contributed by atoms with E-state index in [1.54, 1.807) is 0 Å². The lowest BCUT2D eigenvalue weighted by molar-refractivity contribution is 0.274. The fraction of sp³-hybridized carbons (Fsp3) is 0.440. The third-order valence-electron chi connectivity index (χ3n) is 6.30. The maximum Gasteiger partial charge on any atom is 0.157 e. The minimum atomic E-state index is 0.115. The summed E-state index contributed by atoms with van der Waals surface area (Å²) in [5.74, 6) is 0.603. The molecule has 5 heteroatoms. The Labute approximate surface area is 182 Å². The number of imidazole rings is 1. The third kappa shape index (κ3) is 3.25. The van der Waals surface area contributed by atoms with Crippen LogP contribution in [0.4, 0.5) is 0 Å². The number of nitrogens with zero attached hydrogens (tertiary/aromatic N) is 3. The van der Waals surface area contributed by atoms with E-state index in [9.17, 15) is 5.11 Å². The van der Waals surface area contributed by atoms with Crippen LogP contribution in [0.2, 0.25) is 0 Å². The van der Waals surface area contributed by atoms with Crippen molar-refractivity contribution >= 4 is 27.1 Å². The Morgan fingerprint density at radius 3 is 2.50 bits per heavy atom. The van der Waals surface area contributed by atoms with Crippen molar-refractivity contribution in [1.29, 1.82) is 0 Å². The maximum absolute atomic E-state index is 9.73. The lowest BCUT2D eigenvalue weighted by Gasteiger charge is -2.15. The Morgan fingerprint density at radius 2 is 1.83 bits per heavy atom. The molecule has 0 aliphatic carbocycles. The molecule has 1 aromatic carbocycles. The van der Waals surface area contributed by atoms with Gasteiger partial charge >= 0.3 is 0 Å². The van der Waals surface area contributed by atoms with Crippen molar-refractivity contribution in [3.8, 4) is 11.3 Å². The zero-order valence-electron chi connectivity index (χ0n) is 18.8. The molecule has 4 rings (SSSR count). The number of aromatic nitrogens is 3. The van der Waals surface area contributed by atoms with Crippen molar-refractivity contribution in [2.24, 2.45) is 0 Å². The summed E-state index contributed by atoms with van der Waals surface area (Å²) in [4.78, 5) is 6.28. The normalized spacial score (nSPS) is 13.1. The lowest BCUT2D eigenvalue weighted by atomic mass is 9.95. The van der Waals surface area contributed by atoms with Crippen LogP contribution in [-0.2, 0) is 0 Å². The van der Waals surface area contributed by atoms with E-state index in [-0.39, 0.29) is 12.5 Å². The fourth-order valence-corrected chi connectivity index (χ4v) is 5.92. The smallest absolute Gasteiger partial charge is 0.157 e. The van der Waals surface area contributed by atoms with Crippen molar-refractivity contribution in [2.75, 3.05) is 6.61 Å². The zero-order chi connectivity index (χ0) is 21.6. The second-order valence-electron chi connectivity index (χ2n) is 8.38. The number of hydrogen-bond acceptors (Lipinski definition) is 4. The maximum atomic E-state index is 9.73. The van der Waals surface area contributed by atoms with E-state index < -0.39 is 0 Å². The zero-order valence-corrected chi connectivity index (χ0v) is 19.6. The molecule has 158 valence electrons. The average molecular weight is 422 g/mol. The summed E-state index contributed by atoms with van der Waals surface area (Å²) in [6.45, 7) is 13.1. The van der Waals surface area contributed by atoms with E-state index in [1.165, 1.54) is 31.7 Å². The molecule has 1 unspecified atom stereocenters. The molecule has 0 amide bonds. The monoisotopic (exact) mass is 421 g/mol. The molecule has 4 aromatic rings. The van der Waals surface area contributed by atoms with Gasteiger partial charge in [-0.3, -0.25) is 0 Å². The number of aryl methyl sites for hydroxylation is 3. The van der Waals surface area contributed by atoms with Gasteiger partial charge in [0.15, 0.2) is 5.65 Å². The first-order chi connectivity index (χ1) is 14.4. The Balaban J connectivity index is 2.05. The highest BCUT2D eigenvalue weighted by atomic mass is 32.1. The van der Waals surface area contributed by atoms with Crippen molar-refractivity contribution in [1.82, 2.24) is 14.6 Å². The predicted molar refractivity (Wildman–Crippen MR) is 127 cm³/mol. The quantitative estimate of drug-likeness (QED) is 0.385. The van der Waals surface area contributed by atoms with Gasteiger partial charge in [0, 0.05) is 38.6 Å². The molecule has 0 aliphatic rings. The van der Waals surface area contributed by atoms with Crippen molar-refractivity contribution in [3.63, 3.8) is 0 Å². The largest absolute Gasteiger partial charge is 0.396 e. The second kappa shape index (κ2) is 8.12. The summed E-state index contributed by atoms with van der Waals surface area (Å²) in [7, 11) is 0. The van der Waals surface area contributed by atoms with Crippen LogP contribution >= 0.6 is 11.3 Å². The van der Waals surface area contributed by atoms with Gasteiger partial charge in [-0.25, -0.2) is 9.50 Å². The molecule has 0 aliphatic heterocycles. The highest BCUT2D eigenvalue weighted by Crippen LogP contribution is 2.43. The van der Waals surface area contributed by atoms with Crippen LogP contribution in [-0.4, -0.2) is 26.3 Å². The Hall–Kier alpha value is -2.24. The van der Waals surface area contributed by atoms with Crippen LogP contribution in [0.5, 0.6) is 0 Å². The Kier molecular flexibility index (Phi) is 5.69. The number of benzene rings is 1. The van der Waals surface area contributed by atoms with Gasteiger partial charge in [-0.1, -0.05) is 39.0 Å². The molecule has 30 heavy (non-hydrogen) atoms. The molecular formula is C25H31N3OS. The molecule has 0 saturated carbocycles. The molecule has 4 nitrogen and oxygen atoms in total. The van der Waals surface area contributed by atoms with Gasteiger partial charge in [-0.05, 0) is 51.2 Å². The summed E-state index contributed by atoms with van der Waals surface area (Å²) >= 11 is 1.81. The number of fused-ring (bicyclic) bond motifs is 2. The second-order valence-corrected chi connectivity index (χ2v) is 9.60. The van der Waals surface area contributed by atoms with E-state index in [0.29, 0.717) is 5.92 Å². The van der Waals surface area contributed by atoms with E-state index in [4.69, 9.17) is 10.1 Å². The summed E-state index contributed by atoms with van der Waals surface area (Å²) in [6, 6.07) is 8.64. The van der Waals surface area contributed by atoms with Crippen LogP contribution in [0.25, 0.3) is 27.0 Å². The van der Waals surface area contributed by atoms with Gasteiger partial charge in [0.2, 0.25) is 0 Å². The molecule has 1 N–H and O–H groups in total. The van der Waals surface area contributed by atoms with Crippen molar-refractivity contribution < 1.29 is 5.11 Å². The molecular weight excluding hydrogens is 390 g/mol. The predicted octanol–water partition coefficient (Wildman–Crippen LogP) is 6.54. The lowest BCUT2D eigenvalue weighted by Crippen LogP contribution is -2.05. The summed E-state index contributed by atoms with van der Waals surface area (Å²) in [5, 5.41) is 15.9. The molecule has 0 bridgehead atoms. The van der Waals surface area contributed by atoms with E-state index >= 15 is 0 Å². The van der Waals surface area contributed by atoms with Crippen molar-refractivity contribution in [2.45, 2.75) is 66.2 Å². The number of aliphatic hydroxyl groups is 1. The molecule has 1 atom stereocenters. The van der Waals surface area contributed by atoms with Crippen LogP contribution in [0, 0.1) is 20.8 Å². The van der Waals surface area contributed by atoms with Crippen molar-refractivity contribution in [3.05, 3.63) is 51.7 Å². The van der Waals surface area contributed by atoms with E-state index in [2.05, 4.69) is 70.3 Å². The Morgan fingerprint density at radius 1 is 1.10 bits per heavy atom. The van der Waals surface area contributed by atoms with Gasteiger partial charge in [-0.2, -0.15) is 5.10 Å². The molecule has 0 spiro atoms. The topological polar surface area (TPSA) is 50.4 Å². The van der Waals surface area contributed by atoms with Gasteiger partial charge in [0.05, 0.1) is 17.1 Å². The first kappa shape index (κ1) is 21.0. The average Bonchev–Trinajstić information content (AvgIpc) is 3.23. The van der Waals surface area contributed by atoms with Crippen LogP contribution in [0.1, 0.15) is 72.8 Å². The van der Waals surface area contributed by atoms with Crippen LogP contribution < -0.4 is 0 Å². The highest BCUT2D eigenvalue weighted by molar-refractivity contribution is 7.19. The summed E-state index contributed by atoms with van der Waals surface area (Å²) in [6.07, 6.45) is 2.19. The van der Waals surface area contributed by atoms with E-state index in [0.717, 1.165) is 35.6 Å². The Bertz CT molecular complexity index is 1220. The summed E-state index contributed by atoms with van der Waals surface area (Å²) < 4.78 is 3.34. The van der Waals surface area contributed by atoms with Gasteiger partial charge in [-0.15, -0.1) is 11.3 Å². The number of hydrogen-bond donors (Lipinski definition) is 1. The first-order valence-corrected chi connectivity index (χ1v) is 11.7. The first-order valence-electron chi connectivity index (χ1n) is 10.9. The SMILES string of the molecule is CCC(CC)c1cc(C)nn2c(-c3c(C)sc4c(C(C)CO)cccc34)c(C)nc12. The standard InChI is InChI=1S/C25H31N3OS/c1-7-18(8-2)21-12-15(4)27-28-23(16(5)26-25(21)28)22-17(6)30-24-19(14(3)13-29)10-9-11-20(22)24/h9-12,14,18,29H,7-8,13H2,1-6H3. The van der Waals surface area contributed by atoms with E-state index in [1.807, 2.05) is 11.3 Å².